The van der Waals surface area contributed by atoms with E-state index in [2.05, 4.69) is 32.1 Å². The highest BCUT2D eigenvalue weighted by atomic mass is 16.6. The van der Waals surface area contributed by atoms with Crippen molar-refractivity contribution in [3.8, 4) is 0 Å². The van der Waals surface area contributed by atoms with Crippen LogP contribution in [0.2, 0.25) is 0 Å². The van der Waals surface area contributed by atoms with Gasteiger partial charge >= 0.3 is 12.1 Å². The zero-order valence-electron chi connectivity index (χ0n) is 22.3. The first-order chi connectivity index (χ1) is 18.5. The molecule has 3 aromatic rings. The summed E-state index contributed by atoms with van der Waals surface area (Å²) in [6.45, 7) is 6.58. The first kappa shape index (κ1) is 27.2. The Labute approximate surface area is 226 Å². The predicted octanol–water partition coefficient (Wildman–Crippen LogP) is 4.07. The van der Waals surface area contributed by atoms with Crippen molar-refractivity contribution in [1.82, 2.24) is 25.0 Å². The highest BCUT2D eigenvalue weighted by Crippen LogP contribution is 2.24. The summed E-state index contributed by atoms with van der Waals surface area (Å²) >= 11 is 0. The molecule has 2 heterocycles. The number of carbonyl (C=O) groups excluding carboxylic acids is 3. The summed E-state index contributed by atoms with van der Waals surface area (Å²) in [5.74, 6) is -0.163. The van der Waals surface area contributed by atoms with Gasteiger partial charge in [0.1, 0.15) is 5.60 Å². The Balaban J connectivity index is 1.37. The van der Waals surface area contributed by atoms with Gasteiger partial charge in [0.15, 0.2) is 0 Å². The fourth-order valence-corrected chi connectivity index (χ4v) is 3.88. The zero-order chi connectivity index (χ0) is 28.2. The van der Waals surface area contributed by atoms with Crippen LogP contribution in [-0.2, 0) is 4.74 Å². The minimum atomic E-state index is -0.580. The third kappa shape index (κ3) is 6.92. The number of ether oxygens (including phenoxy) is 1. The molecule has 12 heteroatoms. The van der Waals surface area contributed by atoms with E-state index in [0.717, 1.165) is 22.2 Å². The van der Waals surface area contributed by atoms with Crippen molar-refractivity contribution in [1.29, 1.82) is 0 Å². The molecule has 5 N–H and O–H groups in total. The number of amides is 3. The Bertz CT molecular complexity index is 1390. The Hall–Kier alpha value is -4.87. The molecule has 0 radical (unpaired) electrons. The highest BCUT2D eigenvalue weighted by molar-refractivity contribution is 5.94. The van der Waals surface area contributed by atoms with E-state index >= 15 is 0 Å². The summed E-state index contributed by atoms with van der Waals surface area (Å²) in [5, 5.41) is 12.4. The van der Waals surface area contributed by atoms with Crippen molar-refractivity contribution in [3.05, 3.63) is 65.7 Å². The van der Waals surface area contributed by atoms with E-state index in [-0.39, 0.29) is 23.9 Å². The first-order valence-electron chi connectivity index (χ1n) is 12.4. The lowest BCUT2D eigenvalue weighted by atomic mass is 10.0. The fraction of sp³-hybridized carbons (Fsp3) is 0.296. The molecule has 1 aliphatic heterocycles. The lowest BCUT2D eigenvalue weighted by Crippen LogP contribution is -2.39. The molecular weight excluding hydrogens is 500 g/mol. The van der Waals surface area contributed by atoms with Crippen molar-refractivity contribution in [2.75, 3.05) is 36.5 Å². The summed E-state index contributed by atoms with van der Waals surface area (Å²) in [6.07, 6.45) is 2.50. The van der Waals surface area contributed by atoms with E-state index < -0.39 is 11.6 Å². The van der Waals surface area contributed by atoms with E-state index in [0.29, 0.717) is 30.0 Å². The number of anilines is 4. The maximum absolute atomic E-state index is 12.8. The standard InChI is InChI=1S/C27H32N8O4/c1-27(2,3)39-26(38)34-15-5-6-19(16-34)17-7-11-21(12-8-17)31-25(37)35-23(28)32-24(33-35)30-20-13-9-18(10-14-20)22(36)29-4/h6-14H,5,15-16H2,1-4H3,(H,29,36)(H,31,37)(H3,28,30,32,33). The second kappa shape index (κ2) is 11.3. The number of rotatable bonds is 5. The number of aromatic nitrogens is 3. The van der Waals surface area contributed by atoms with Crippen LogP contribution in [0.1, 0.15) is 43.1 Å². The van der Waals surface area contributed by atoms with E-state index in [1.165, 1.54) is 0 Å². The van der Waals surface area contributed by atoms with Crippen LogP contribution in [0.4, 0.5) is 32.9 Å². The summed E-state index contributed by atoms with van der Waals surface area (Å²) in [4.78, 5) is 42.7. The van der Waals surface area contributed by atoms with Gasteiger partial charge in [0.05, 0.1) is 0 Å². The van der Waals surface area contributed by atoms with Gasteiger partial charge in [0.25, 0.3) is 5.91 Å². The van der Waals surface area contributed by atoms with Crippen LogP contribution in [0.3, 0.4) is 0 Å². The number of carbonyl (C=O) groups is 3. The molecule has 0 bridgehead atoms. The molecule has 1 aromatic heterocycles. The van der Waals surface area contributed by atoms with Gasteiger partial charge in [-0.3, -0.25) is 4.79 Å². The van der Waals surface area contributed by atoms with Crippen molar-refractivity contribution in [2.45, 2.75) is 32.8 Å². The van der Waals surface area contributed by atoms with Gasteiger partial charge in [-0.25, -0.2) is 9.59 Å². The quantitative estimate of drug-likeness (QED) is 0.383. The van der Waals surface area contributed by atoms with Crippen LogP contribution in [0.15, 0.2) is 54.6 Å². The van der Waals surface area contributed by atoms with E-state index in [1.807, 2.05) is 32.9 Å². The van der Waals surface area contributed by atoms with Crippen molar-refractivity contribution in [3.63, 3.8) is 0 Å². The normalized spacial score (nSPS) is 13.3. The molecule has 1 aliphatic rings. The molecule has 12 nitrogen and oxygen atoms in total. The summed E-state index contributed by atoms with van der Waals surface area (Å²) in [7, 11) is 1.56. The second-order valence-electron chi connectivity index (χ2n) is 9.91. The monoisotopic (exact) mass is 532 g/mol. The van der Waals surface area contributed by atoms with Crippen LogP contribution in [0, 0.1) is 0 Å². The molecule has 0 fully saturated rings. The molecule has 0 spiro atoms. The Kier molecular flexibility index (Phi) is 7.84. The van der Waals surface area contributed by atoms with Gasteiger partial charge in [-0.05, 0) is 74.7 Å². The molecule has 0 unspecified atom stereocenters. The minimum absolute atomic E-state index is 0.0943. The van der Waals surface area contributed by atoms with Crippen LogP contribution in [0.25, 0.3) is 5.57 Å². The molecule has 0 atom stereocenters. The van der Waals surface area contributed by atoms with Crippen LogP contribution < -0.4 is 21.7 Å². The SMILES string of the molecule is CNC(=O)c1ccc(Nc2nc(N)n(C(=O)Nc3ccc(C4=CCCN(C(=O)OC(C)(C)C)C4)cc3)n2)cc1. The molecular formula is C27H32N8O4. The maximum atomic E-state index is 12.8. The van der Waals surface area contributed by atoms with Crippen molar-refractivity contribution in [2.24, 2.45) is 0 Å². The van der Waals surface area contributed by atoms with E-state index in [1.54, 1.807) is 48.3 Å². The van der Waals surface area contributed by atoms with Crippen LogP contribution in [0.5, 0.6) is 0 Å². The molecule has 2 aromatic carbocycles. The largest absolute Gasteiger partial charge is 0.444 e. The maximum Gasteiger partial charge on any atom is 0.410 e. The average molecular weight is 533 g/mol. The molecule has 4 rings (SSSR count). The molecule has 0 saturated carbocycles. The van der Waals surface area contributed by atoms with Crippen molar-refractivity contribution < 1.29 is 19.1 Å². The molecule has 39 heavy (non-hydrogen) atoms. The lowest BCUT2D eigenvalue weighted by molar-refractivity contribution is 0.0273. The van der Waals surface area contributed by atoms with Crippen molar-refractivity contribution >= 4 is 46.9 Å². The molecule has 3 amide bonds. The number of hydrogen-bond donors (Lipinski definition) is 4. The number of nitrogen functional groups attached to an aromatic ring is 1. The highest BCUT2D eigenvalue weighted by Gasteiger charge is 2.24. The zero-order valence-corrected chi connectivity index (χ0v) is 22.3. The van der Waals surface area contributed by atoms with Gasteiger partial charge < -0.3 is 31.3 Å². The number of hydrogen-bond acceptors (Lipinski definition) is 8. The topological polar surface area (TPSA) is 156 Å². The summed E-state index contributed by atoms with van der Waals surface area (Å²) < 4.78 is 6.45. The fourth-order valence-electron chi connectivity index (χ4n) is 3.88. The number of nitrogens with one attached hydrogen (secondary N) is 3. The predicted molar refractivity (Wildman–Crippen MR) is 149 cm³/mol. The third-order valence-corrected chi connectivity index (χ3v) is 5.76. The van der Waals surface area contributed by atoms with Gasteiger partial charge in [-0.15, -0.1) is 9.78 Å². The summed E-state index contributed by atoms with van der Waals surface area (Å²) in [5.41, 5.74) is 8.97. The van der Waals surface area contributed by atoms with Gasteiger partial charge in [-0.1, -0.05) is 18.2 Å². The Morgan fingerprint density at radius 3 is 2.31 bits per heavy atom. The number of benzene rings is 2. The Morgan fingerprint density at radius 2 is 1.67 bits per heavy atom. The lowest BCUT2D eigenvalue weighted by Gasteiger charge is -2.30. The van der Waals surface area contributed by atoms with Crippen LogP contribution >= 0.6 is 0 Å². The Morgan fingerprint density at radius 1 is 1.00 bits per heavy atom. The molecule has 0 saturated heterocycles. The van der Waals surface area contributed by atoms with Gasteiger partial charge in [0, 0.05) is 37.1 Å². The molecule has 0 aliphatic carbocycles. The van der Waals surface area contributed by atoms with E-state index in [9.17, 15) is 14.4 Å². The number of nitrogens with two attached hydrogens (primary N) is 1. The average Bonchev–Trinajstić information content (AvgIpc) is 3.28. The third-order valence-electron chi connectivity index (χ3n) is 5.76. The van der Waals surface area contributed by atoms with Crippen LogP contribution in [-0.4, -0.2) is 63.4 Å². The second-order valence-corrected chi connectivity index (χ2v) is 9.91. The van der Waals surface area contributed by atoms with E-state index in [4.69, 9.17) is 10.5 Å². The minimum Gasteiger partial charge on any atom is -0.444 e. The molecule has 204 valence electrons. The number of nitrogens with zero attached hydrogens (tertiary/aromatic N) is 4. The van der Waals surface area contributed by atoms with Gasteiger partial charge in [-0.2, -0.15) is 4.98 Å². The summed E-state index contributed by atoms with van der Waals surface area (Å²) in [6, 6.07) is 13.4. The first-order valence-corrected chi connectivity index (χ1v) is 12.4. The smallest absolute Gasteiger partial charge is 0.410 e. The van der Waals surface area contributed by atoms with Gasteiger partial charge in [0.2, 0.25) is 11.9 Å².